The topological polar surface area (TPSA) is 15.3 Å². The average molecular weight is 160 g/mol. The number of hydrogen-bond acceptors (Lipinski definition) is 2. The van der Waals surface area contributed by atoms with Crippen LogP contribution >= 0.6 is 0 Å². The van der Waals surface area contributed by atoms with E-state index >= 15 is 0 Å². The molecule has 0 saturated carbocycles. The highest BCUT2D eigenvalue weighted by Gasteiger charge is 2.09. The Balaban J connectivity index is 2.48. The summed E-state index contributed by atoms with van der Waals surface area (Å²) in [7, 11) is 2.06. The van der Waals surface area contributed by atoms with Gasteiger partial charge in [-0.05, 0) is 19.1 Å². The van der Waals surface area contributed by atoms with Gasteiger partial charge in [0.1, 0.15) is 0 Å². The molecule has 0 fully saturated rings. The quantitative estimate of drug-likeness (QED) is 0.627. The van der Waals surface area contributed by atoms with E-state index < -0.39 is 0 Å². The second-order valence-electron chi connectivity index (χ2n) is 3.07. The van der Waals surface area contributed by atoms with Crippen LogP contribution in [0.15, 0.2) is 36.2 Å². The van der Waals surface area contributed by atoms with Crippen LogP contribution in [0.25, 0.3) is 0 Å². The minimum absolute atomic E-state index is 1.18. The van der Waals surface area contributed by atoms with Crippen LogP contribution in [0.3, 0.4) is 0 Å². The fourth-order valence-corrected chi connectivity index (χ4v) is 1.49. The Morgan fingerprint density at radius 1 is 1.25 bits per heavy atom. The lowest BCUT2D eigenvalue weighted by molar-refractivity contribution is 1.13. The number of para-hydroxylation sites is 2. The van der Waals surface area contributed by atoms with Crippen molar-refractivity contribution in [2.45, 2.75) is 6.92 Å². The first-order chi connectivity index (χ1) is 5.77. The van der Waals surface area contributed by atoms with Crippen molar-refractivity contribution in [2.75, 3.05) is 17.3 Å². The number of benzene rings is 1. The first-order valence-electron chi connectivity index (χ1n) is 4.05. The SMILES string of the molecule is CC1=CN(C)c2ccccc2N1. The molecule has 0 spiro atoms. The third-order valence-electron chi connectivity index (χ3n) is 2.00. The van der Waals surface area contributed by atoms with E-state index in [1.165, 1.54) is 17.1 Å². The van der Waals surface area contributed by atoms with Crippen molar-refractivity contribution in [2.24, 2.45) is 0 Å². The van der Waals surface area contributed by atoms with E-state index in [9.17, 15) is 0 Å². The summed E-state index contributed by atoms with van der Waals surface area (Å²) in [6.07, 6.45) is 2.09. The maximum Gasteiger partial charge on any atom is 0.0643 e. The molecule has 1 aromatic carbocycles. The van der Waals surface area contributed by atoms with Crippen LogP contribution < -0.4 is 10.2 Å². The van der Waals surface area contributed by atoms with Gasteiger partial charge >= 0.3 is 0 Å². The van der Waals surface area contributed by atoms with Crippen LogP contribution in [-0.2, 0) is 0 Å². The lowest BCUT2D eigenvalue weighted by Gasteiger charge is -2.25. The Labute approximate surface area is 72.5 Å². The van der Waals surface area contributed by atoms with E-state index in [-0.39, 0.29) is 0 Å². The number of fused-ring (bicyclic) bond motifs is 1. The largest absolute Gasteiger partial charge is 0.356 e. The van der Waals surface area contributed by atoms with Gasteiger partial charge in [-0.1, -0.05) is 12.1 Å². The zero-order valence-corrected chi connectivity index (χ0v) is 7.33. The molecular weight excluding hydrogens is 148 g/mol. The number of hydrogen-bond donors (Lipinski definition) is 1. The highest BCUT2D eigenvalue weighted by Crippen LogP contribution is 2.29. The Bertz CT molecular complexity index is 328. The maximum atomic E-state index is 3.31. The third-order valence-corrected chi connectivity index (χ3v) is 2.00. The number of anilines is 2. The normalized spacial score (nSPS) is 14.8. The van der Waals surface area contributed by atoms with Crippen molar-refractivity contribution >= 4 is 11.4 Å². The van der Waals surface area contributed by atoms with Crippen LogP contribution in [0.4, 0.5) is 11.4 Å². The number of rotatable bonds is 0. The van der Waals surface area contributed by atoms with Crippen molar-refractivity contribution in [1.29, 1.82) is 0 Å². The molecule has 1 N–H and O–H groups in total. The summed E-state index contributed by atoms with van der Waals surface area (Å²) in [6.45, 7) is 2.06. The average Bonchev–Trinajstić information content (AvgIpc) is 2.04. The maximum absolute atomic E-state index is 3.31. The van der Waals surface area contributed by atoms with Gasteiger partial charge in [-0.2, -0.15) is 0 Å². The molecule has 1 aliphatic heterocycles. The molecule has 0 atom stereocenters. The van der Waals surface area contributed by atoms with E-state index in [1.54, 1.807) is 0 Å². The van der Waals surface area contributed by atoms with Gasteiger partial charge in [0.2, 0.25) is 0 Å². The standard InChI is InChI=1S/C10H12N2/c1-8-7-12(2)10-6-4-3-5-9(10)11-8/h3-7,11H,1-2H3. The molecule has 1 aliphatic rings. The summed E-state index contributed by atoms with van der Waals surface area (Å²) in [5.74, 6) is 0. The predicted octanol–water partition coefficient (Wildman–Crippen LogP) is 2.41. The van der Waals surface area contributed by atoms with Gasteiger partial charge < -0.3 is 10.2 Å². The lowest BCUT2D eigenvalue weighted by atomic mass is 10.2. The molecule has 0 bridgehead atoms. The molecule has 12 heavy (non-hydrogen) atoms. The monoisotopic (exact) mass is 160 g/mol. The van der Waals surface area contributed by atoms with Crippen molar-refractivity contribution < 1.29 is 0 Å². The van der Waals surface area contributed by atoms with Gasteiger partial charge in [0.05, 0.1) is 11.4 Å². The second-order valence-corrected chi connectivity index (χ2v) is 3.07. The molecule has 2 nitrogen and oxygen atoms in total. The summed E-state index contributed by atoms with van der Waals surface area (Å²) in [5.41, 5.74) is 3.58. The molecule has 0 saturated heterocycles. The van der Waals surface area contributed by atoms with Gasteiger partial charge in [0, 0.05) is 18.9 Å². The fourth-order valence-electron chi connectivity index (χ4n) is 1.49. The molecule has 2 heteroatoms. The Kier molecular flexibility index (Phi) is 1.54. The van der Waals surface area contributed by atoms with Gasteiger partial charge in [0.15, 0.2) is 0 Å². The van der Waals surface area contributed by atoms with Crippen LogP contribution in [0, 0.1) is 0 Å². The van der Waals surface area contributed by atoms with Crippen molar-refractivity contribution in [3.63, 3.8) is 0 Å². The molecule has 1 aromatic rings. The Morgan fingerprint density at radius 3 is 2.83 bits per heavy atom. The van der Waals surface area contributed by atoms with Gasteiger partial charge in [0.25, 0.3) is 0 Å². The van der Waals surface area contributed by atoms with Crippen LogP contribution in [-0.4, -0.2) is 7.05 Å². The van der Waals surface area contributed by atoms with Crippen molar-refractivity contribution in [3.05, 3.63) is 36.2 Å². The number of allylic oxidation sites excluding steroid dienone is 1. The van der Waals surface area contributed by atoms with E-state index in [0.29, 0.717) is 0 Å². The Morgan fingerprint density at radius 2 is 2.00 bits per heavy atom. The molecule has 0 aliphatic carbocycles. The van der Waals surface area contributed by atoms with Crippen molar-refractivity contribution in [3.8, 4) is 0 Å². The van der Waals surface area contributed by atoms with Gasteiger partial charge in [-0.15, -0.1) is 0 Å². The van der Waals surface area contributed by atoms with Crippen LogP contribution in [0.2, 0.25) is 0 Å². The fraction of sp³-hybridized carbons (Fsp3) is 0.200. The highest BCUT2D eigenvalue weighted by atomic mass is 15.1. The molecular formula is C10H12N2. The van der Waals surface area contributed by atoms with E-state index in [0.717, 1.165) is 0 Å². The van der Waals surface area contributed by atoms with E-state index in [1.807, 2.05) is 12.1 Å². The highest BCUT2D eigenvalue weighted by molar-refractivity contribution is 5.75. The van der Waals surface area contributed by atoms with Crippen LogP contribution in [0.1, 0.15) is 6.92 Å². The molecule has 1 heterocycles. The minimum atomic E-state index is 1.18. The van der Waals surface area contributed by atoms with Gasteiger partial charge in [-0.3, -0.25) is 0 Å². The van der Waals surface area contributed by atoms with Gasteiger partial charge in [-0.25, -0.2) is 0 Å². The summed E-state index contributed by atoms with van der Waals surface area (Å²) >= 11 is 0. The van der Waals surface area contributed by atoms with E-state index in [4.69, 9.17) is 0 Å². The molecule has 62 valence electrons. The zero-order valence-electron chi connectivity index (χ0n) is 7.33. The summed E-state index contributed by atoms with van der Waals surface area (Å²) in [4.78, 5) is 2.13. The minimum Gasteiger partial charge on any atom is -0.356 e. The predicted molar refractivity (Wildman–Crippen MR) is 52.2 cm³/mol. The Hall–Kier alpha value is -1.44. The smallest absolute Gasteiger partial charge is 0.0643 e. The molecule has 0 radical (unpaired) electrons. The summed E-state index contributed by atoms with van der Waals surface area (Å²) in [6, 6.07) is 8.28. The van der Waals surface area contributed by atoms with Crippen molar-refractivity contribution in [1.82, 2.24) is 0 Å². The molecule has 0 amide bonds. The summed E-state index contributed by atoms with van der Waals surface area (Å²) < 4.78 is 0. The third kappa shape index (κ3) is 1.05. The molecule has 2 rings (SSSR count). The van der Waals surface area contributed by atoms with Crippen LogP contribution in [0.5, 0.6) is 0 Å². The number of nitrogens with one attached hydrogen (secondary N) is 1. The molecule has 0 unspecified atom stereocenters. The lowest BCUT2D eigenvalue weighted by Crippen LogP contribution is -2.17. The summed E-state index contributed by atoms with van der Waals surface area (Å²) in [5, 5.41) is 3.31. The zero-order chi connectivity index (χ0) is 8.55. The second kappa shape index (κ2) is 2.55. The molecule has 0 aromatic heterocycles. The van der Waals surface area contributed by atoms with E-state index in [2.05, 4.69) is 42.5 Å². The number of nitrogens with zero attached hydrogens (tertiary/aromatic N) is 1. The first-order valence-corrected chi connectivity index (χ1v) is 4.05. The first kappa shape index (κ1) is 7.22.